The van der Waals surface area contributed by atoms with Gasteiger partial charge in [-0.05, 0) is 24.3 Å². The Morgan fingerprint density at radius 1 is 1.24 bits per heavy atom. The average Bonchev–Trinajstić information content (AvgIpc) is 2.81. The molecule has 2 rings (SSSR count). The van der Waals surface area contributed by atoms with Gasteiger partial charge in [0.15, 0.2) is 5.82 Å². The van der Waals surface area contributed by atoms with E-state index in [1.54, 1.807) is 0 Å². The van der Waals surface area contributed by atoms with E-state index < -0.39 is 10.0 Å². The Balaban J connectivity index is 2.29. The van der Waals surface area contributed by atoms with Gasteiger partial charge >= 0.3 is 0 Å². The summed E-state index contributed by atoms with van der Waals surface area (Å²) in [6, 6.07) is 8.85. The van der Waals surface area contributed by atoms with Crippen molar-refractivity contribution < 1.29 is 12.9 Å². The predicted octanol–water partition coefficient (Wildman–Crippen LogP) is 1.35. The van der Waals surface area contributed by atoms with Crippen molar-refractivity contribution in [1.82, 2.24) is 5.16 Å². The van der Waals surface area contributed by atoms with Crippen molar-refractivity contribution in [3.8, 4) is 6.07 Å². The quantitative estimate of drug-likeness (QED) is 0.885. The van der Waals surface area contributed by atoms with Gasteiger partial charge in [0, 0.05) is 6.07 Å². The zero-order chi connectivity index (χ0) is 12.3. The molecule has 0 unspecified atom stereocenters. The molecule has 0 aliphatic rings. The number of aromatic nitrogens is 1. The van der Waals surface area contributed by atoms with Crippen LogP contribution >= 0.6 is 0 Å². The maximum Gasteiger partial charge on any atom is 0.263 e. The summed E-state index contributed by atoms with van der Waals surface area (Å²) in [6.45, 7) is 0. The molecule has 7 heteroatoms. The maximum atomic E-state index is 11.8. The number of benzene rings is 1. The summed E-state index contributed by atoms with van der Waals surface area (Å²) in [6.07, 6.45) is 1.26. The minimum Gasteiger partial charge on any atom is -0.363 e. The molecule has 17 heavy (non-hydrogen) atoms. The molecule has 6 nitrogen and oxygen atoms in total. The summed E-state index contributed by atoms with van der Waals surface area (Å²) >= 11 is 0. The van der Waals surface area contributed by atoms with Gasteiger partial charge in [0.2, 0.25) is 0 Å². The molecule has 0 saturated heterocycles. The fourth-order valence-electron chi connectivity index (χ4n) is 1.17. The van der Waals surface area contributed by atoms with Crippen LogP contribution in [-0.4, -0.2) is 13.6 Å². The number of sulfonamides is 1. The number of rotatable bonds is 3. The summed E-state index contributed by atoms with van der Waals surface area (Å²) < 4.78 is 30.4. The van der Waals surface area contributed by atoms with Gasteiger partial charge in [-0.1, -0.05) is 5.16 Å². The first kappa shape index (κ1) is 11.2. The van der Waals surface area contributed by atoms with E-state index in [1.807, 2.05) is 6.07 Å². The van der Waals surface area contributed by atoms with Gasteiger partial charge < -0.3 is 4.52 Å². The van der Waals surface area contributed by atoms with E-state index in [0.29, 0.717) is 5.56 Å². The first-order chi connectivity index (χ1) is 8.12. The van der Waals surface area contributed by atoms with Crippen LogP contribution in [0.4, 0.5) is 5.82 Å². The maximum absolute atomic E-state index is 11.8. The molecule has 0 spiro atoms. The first-order valence-electron chi connectivity index (χ1n) is 4.55. The Kier molecular flexibility index (Phi) is 2.80. The fourth-order valence-corrected chi connectivity index (χ4v) is 2.16. The highest BCUT2D eigenvalue weighted by atomic mass is 32.2. The Bertz CT molecular complexity index is 639. The van der Waals surface area contributed by atoms with E-state index in [9.17, 15) is 8.42 Å². The van der Waals surface area contributed by atoms with Gasteiger partial charge in [-0.15, -0.1) is 0 Å². The zero-order valence-corrected chi connectivity index (χ0v) is 9.31. The number of nitrogens with zero attached hydrogens (tertiary/aromatic N) is 2. The molecular weight excluding hydrogens is 242 g/mol. The normalized spacial score (nSPS) is 10.8. The molecule has 1 heterocycles. The minimum absolute atomic E-state index is 0.0551. The van der Waals surface area contributed by atoms with Gasteiger partial charge in [-0.25, -0.2) is 8.42 Å². The van der Waals surface area contributed by atoms with E-state index in [1.165, 1.54) is 36.6 Å². The standard InChI is InChI=1S/C10H7N3O3S/c11-7-8-1-3-9(4-2-8)17(14,15)13-10-5-6-16-12-10/h1-6H,(H,12,13). The molecule has 0 radical (unpaired) electrons. The second-order valence-corrected chi connectivity index (χ2v) is 4.81. The van der Waals surface area contributed by atoms with Crippen LogP contribution in [0.5, 0.6) is 0 Å². The van der Waals surface area contributed by atoms with Crippen LogP contribution in [0, 0.1) is 11.3 Å². The van der Waals surface area contributed by atoms with Crippen molar-refractivity contribution in [2.45, 2.75) is 4.90 Å². The second kappa shape index (κ2) is 4.27. The molecule has 0 saturated carbocycles. The van der Waals surface area contributed by atoms with Crippen LogP contribution < -0.4 is 4.72 Å². The van der Waals surface area contributed by atoms with Crippen molar-refractivity contribution in [2.75, 3.05) is 4.72 Å². The third kappa shape index (κ3) is 2.43. The van der Waals surface area contributed by atoms with Crippen molar-refractivity contribution >= 4 is 15.8 Å². The van der Waals surface area contributed by atoms with Gasteiger partial charge in [0.25, 0.3) is 10.0 Å². The molecule has 2 aromatic rings. The number of nitriles is 1. The lowest BCUT2D eigenvalue weighted by molar-refractivity contribution is 0.423. The lowest BCUT2D eigenvalue weighted by Gasteiger charge is -2.04. The Morgan fingerprint density at radius 3 is 2.47 bits per heavy atom. The minimum atomic E-state index is -3.69. The topological polar surface area (TPSA) is 96.0 Å². The summed E-state index contributed by atoms with van der Waals surface area (Å²) in [4.78, 5) is 0.0551. The Morgan fingerprint density at radius 2 is 1.94 bits per heavy atom. The Labute approximate surface area is 97.5 Å². The van der Waals surface area contributed by atoms with E-state index in [2.05, 4.69) is 14.4 Å². The molecule has 1 N–H and O–H groups in total. The molecular formula is C10H7N3O3S. The summed E-state index contributed by atoms with van der Waals surface area (Å²) in [7, 11) is -3.69. The van der Waals surface area contributed by atoms with Crippen molar-refractivity contribution in [3.05, 3.63) is 42.2 Å². The molecule has 0 aliphatic carbocycles. The van der Waals surface area contributed by atoms with Gasteiger partial charge in [-0.3, -0.25) is 4.72 Å². The largest absolute Gasteiger partial charge is 0.363 e. The summed E-state index contributed by atoms with van der Waals surface area (Å²) in [5.74, 6) is 0.106. The van der Waals surface area contributed by atoms with Gasteiger partial charge in [0.05, 0.1) is 16.5 Å². The molecule has 0 fully saturated rings. The van der Waals surface area contributed by atoms with Crippen LogP contribution in [0.2, 0.25) is 0 Å². The lowest BCUT2D eigenvalue weighted by atomic mass is 10.2. The third-order valence-electron chi connectivity index (χ3n) is 1.97. The fraction of sp³-hybridized carbons (Fsp3) is 0. The van der Waals surface area contributed by atoms with Gasteiger partial charge in [0.1, 0.15) is 6.26 Å². The number of anilines is 1. The average molecular weight is 249 g/mol. The van der Waals surface area contributed by atoms with Crippen LogP contribution in [0.15, 0.2) is 46.0 Å². The molecule has 1 aromatic heterocycles. The molecule has 0 bridgehead atoms. The molecule has 86 valence electrons. The highest BCUT2D eigenvalue weighted by molar-refractivity contribution is 7.92. The highest BCUT2D eigenvalue weighted by Crippen LogP contribution is 2.14. The molecule has 0 aliphatic heterocycles. The van der Waals surface area contributed by atoms with Gasteiger partial charge in [-0.2, -0.15) is 5.26 Å². The summed E-state index contributed by atoms with van der Waals surface area (Å²) in [5, 5.41) is 12.0. The smallest absolute Gasteiger partial charge is 0.263 e. The Hall–Kier alpha value is -2.33. The van der Waals surface area contributed by atoms with Crippen LogP contribution in [-0.2, 0) is 10.0 Å². The number of hydrogen-bond donors (Lipinski definition) is 1. The van der Waals surface area contributed by atoms with Crippen LogP contribution in [0.25, 0.3) is 0 Å². The van der Waals surface area contributed by atoms with Crippen molar-refractivity contribution in [2.24, 2.45) is 0 Å². The van der Waals surface area contributed by atoms with Crippen LogP contribution in [0.3, 0.4) is 0 Å². The van der Waals surface area contributed by atoms with E-state index in [0.717, 1.165) is 0 Å². The van der Waals surface area contributed by atoms with E-state index >= 15 is 0 Å². The highest BCUT2D eigenvalue weighted by Gasteiger charge is 2.15. The monoisotopic (exact) mass is 249 g/mol. The lowest BCUT2D eigenvalue weighted by Crippen LogP contribution is -2.12. The second-order valence-electron chi connectivity index (χ2n) is 3.13. The number of hydrogen-bond acceptors (Lipinski definition) is 5. The van der Waals surface area contributed by atoms with Crippen molar-refractivity contribution in [1.29, 1.82) is 5.26 Å². The van der Waals surface area contributed by atoms with E-state index in [-0.39, 0.29) is 10.7 Å². The first-order valence-corrected chi connectivity index (χ1v) is 6.03. The third-order valence-corrected chi connectivity index (χ3v) is 3.34. The van der Waals surface area contributed by atoms with E-state index in [4.69, 9.17) is 5.26 Å². The predicted molar refractivity (Wildman–Crippen MR) is 58.5 cm³/mol. The molecule has 1 aromatic carbocycles. The molecule has 0 atom stereocenters. The van der Waals surface area contributed by atoms with Crippen LogP contribution in [0.1, 0.15) is 5.56 Å². The zero-order valence-electron chi connectivity index (χ0n) is 8.49. The SMILES string of the molecule is N#Cc1ccc(S(=O)(=O)Nc2ccon2)cc1. The van der Waals surface area contributed by atoms with Crippen molar-refractivity contribution in [3.63, 3.8) is 0 Å². The molecule has 0 amide bonds. The number of nitrogens with one attached hydrogen (secondary N) is 1. The summed E-state index contributed by atoms with van der Waals surface area (Å²) in [5.41, 5.74) is 0.394.